The fourth-order valence-corrected chi connectivity index (χ4v) is 6.91. The largest absolute Gasteiger partial charge is 0.492 e. The molecule has 3 fully saturated rings. The van der Waals surface area contributed by atoms with Crippen molar-refractivity contribution in [2.24, 2.45) is 5.92 Å². The Kier molecular flexibility index (Phi) is 4.92. The molecule has 0 radical (unpaired) electrons. The van der Waals surface area contributed by atoms with Gasteiger partial charge in [0.25, 0.3) is 5.91 Å². The van der Waals surface area contributed by atoms with Gasteiger partial charge in [-0.3, -0.25) is 14.4 Å². The van der Waals surface area contributed by atoms with E-state index >= 15 is 0 Å². The predicted octanol–water partition coefficient (Wildman–Crippen LogP) is 4.21. The van der Waals surface area contributed by atoms with Gasteiger partial charge in [-0.05, 0) is 49.4 Å². The molecule has 178 valence electrons. The predicted molar refractivity (Wildman–Crippen MR) is 136 cm³/mol. The van der Waals surface area contributed by atoms with E-state index in [4.69, 9.17) is 9.84 Å². The SMILES string of the molecule is O=C(N[C@@H]1CN2CCC23CC[C@H]13)c1nn(CCOc2ccccc2)c2cc(-c3nccs3)ccc12. The summed E-state index contributed by atoms with van der Waals surface area (Å²) in [5, 5.41) is 11.9. The van der Waals surface area contributed by atoms with Gasteiger partial charge in [-0.2, -0.15) is 5.10 Å². The summed E-state index contributed by atoms with van der Waals surface area (Å²) in [5.41, 5.74) is 2.83. The van der Waals surface area contributed by atoms with E-state index in [0.29, 0.717) is 30.3 Å². The number of ether oxygens (including phenoxy) is 1. The molecular weight excluding hydrogens is 458 g/mol. The van der Waals surface area contributed by atoms with Crippen molar-refractivity contribution in [3.63, 3.8) is 0 Å². The summed E-state index contributed by atoms with van der Waals surface area (Å²) in [7, 11) is 0. The van der Waals surface area contributed by atoms with Crippen LogP contribution in [-0.2, 0) is 6.54 Å². The molecule has 1 N–H and O–H groups in total. The van der Waals surface area contributed by atoms with Gasteiger partial charge in [-0.25, -0.2) is 4.98 Å². The molecule has 2 saturated heterocycles. The van der Waals surface area contributed by atoms with Crippen LogP contribution in [0.15, 0.2) is 60.1 Å². The molecule has 1 saturated carbocycles. The second kappa shape index (κ2) is 8.17. The first-order chi connectivity index (χ1) is 17.2. The van der Waals surface area contributed by atoms with Crippen molar-refractivity contribution in [2.75, 3.05) is 19.7 Å². The van der Waals surface area contributed by atoms with Gasteiger partial charge in [0.2, 0.25) is 0 Å². The molecule has 1 amide bonds. The van der Waals surface area contributed by atoms with Crippen molar-refractivity contribution in [1.82, 2.24) is 25.0 Å². The van der Waals surface area contributed by atoms with E-state index in [0.717, 1.165) is 33.8 Å². The second-order valence-electron chi connectivity index (χ2n) is 9.83. The Morgan fingerprint density at radius 2 is 2.11 bits per heavy atom. The van der Waals surface area contributed by atoms with E-state index in [-0.39, 0.29) is 11.9 Å². The van der Waals surface area contributed by atoms with Crippen LogP contribution in [0.5, 0.6) is 5.75 Å². The van der Waals surface area contributed by atoms with Gasteiger partial charge >= 0.3 is 0 Å². The molecule has 3 aliphatic rings. The van der Waals surface area contributed by atoms with Crippen LogP contribution in [0.25, 0.3) is 21.5 Å². The topological polar surface area (TPSA) is 72.3 Å². The summed E-state index contributed by atoms with van der Waals surface area (Å²) in [6.45, 7) is 3.14. The first kappa shape index (κ1) is 21.1. The third-order valence-electron chi connectivity index (χ3n) is 8.20. The van der Waals surface area contributed by atoms with E-state index < -0.39 is 0 Å². The van der Waals surface area contributed by atoms with Gasteiger partial charge in [-0.15, -0.1) is 11.3 Å². The Morgan fingerprint density at radius 3 is 2.83 bits per heavy atom. The maximum atomic E-state index is 13.5. The second-order valence-corrected chi connectivity index (χ2v) is 10.7. The van der Waals surface area contributed by atoms with Gasteiger partial charge in [0.05, 0.1) is 12.1 Å². The number of carbonyl (C=O) groups excluding carboxylic acids is 1. The highest BCUT2D eigenvalue weighted by atomic mass is 32.1. The minimum atomic E-state index is -0.0747. The van der Waals surface area contributed by atoms with Crippen LogP contribution in [0.4, 0.5) is 0 Å². The van der Waals surface area contributed by atoms with Crippen LogP contribution in [0.2, 0.25) is 0 Å². The minimum Gasteiger partial charge on any atom is -0.492 e. The van der Waals surface area contributed by atoms with Crippen molar-refractivity contribution in [3.8, 4) is 16.3 Å². The molecule has 1 spiro atoms. The van der Waals surface area contributed by atoms with Crippen LogP contribution in [0.3, 0.4) is 0 Å². The zero-order chi connectivity index (χ0) is 23.4. The molecular formula is C27H27N5O2S. The van der Waals surface area contributed by atoms with Crippen LogP contribution < -0.4 is 10.1 Å². The molecule has 35 heavy (non-hydrogen) atoms. The summed E-state index contributed by atoms with van der Waals surface area (Å²) < 4.78 is 7.82. The summed E-state index contributed by atoms with van der Waals surface area (Å²) in [6, 6.07) is 16.1. The van der Waals surface area contributed by atoms with E-state index in [1.165, 1.54) is 25.8 Å². The lowest BCUT2D eigenvalue weighted by molar-refractivity contribution is -0.0676. The number of hydrogen-bond acceptors (Lipinski definition) is 6. The Morgan fingerprint density at radius 1 is 1.20 bits per heavy atom. The highest BCUT2D eigenvalue weighted by Gasteiger charge is 2.63. The standard InChI is InChI=1S/C27H27N5O2S/c33-25(29-22-17-31-12-10-27(31)9-8-21(22)27)24-20-7-6-18(26-28-11-15-35-26)16-23(20)32(30-24)13-14-34-19-4-2-1-3-5-19/h1-7,11,15-16,21-22H,8-10,12-14,17H2,(H,29,33)/t21-,22-,27?/m1/s1. The first-order valence-corrected chi connectivity index (χ1v) is 13.2. The molecule has 2 aromatic carbocycles. The lowest BCUT2D eigenvalue weighted by atomic mass is 9.61. The first-order valence-electron chi connectivity index (χ1n) is 12.4. The monoisotopic (exact) mass is 485 g/mol. The summed E-state index contributed by atoms with van der Waals surface area (Å²) >= 11 is 1.60. The van der Waals surface area contributed by atoms with E-state index in [1.807, 2.05) is 58.7 Å². The van der Waals surface area contributed by atoms with Gasteiger partial charge < -0.3 is 10.1 Å². The number of benzene rings is 2. The third kappa shape index (κ3) is 3.38. The summed E-state index contributed by atoms with van der Waals surface area (Å²) in [6.07, 6.45) is 5.59. The number of carbonyl (C=O) groups is 1. The molecule has 1 aliphatic carbocycles. The number of rotatable bonds is 7. The van der Waals surface area contributed by atoms with Crippen molar-refractivity contribution >= 4 is 28.1 Å². The third-order valence-corrected chi connectivity index (χ3v) is 9.03. The average molecular weight is 486 g/mol. The number of aromatic nitrogens is 3. The van der Waals surface area contributed by atoms with Crippen molar-refractivity contribution in [2.45, 2.75) is 37.4 Å². The number of nitrogens with zero attached hydrogens (tertiary/aromatic N) is 4. The molecule has 2 aliphatic heterocycles. The Hall–Kier alpha value is -3.23. The zero-order valence-corrected chi connectivity index (χ0v) is 20.2. The molecule has 0 bridgehead atoms. The fraction of sp³-hybridized carbons (Fsp3) is 0.370. The average Bonchev–Trinajstić information content (AvgIpc) is 3.53. The molecule has 4 heterocycles. The minimum absolute atomic E-state index is 0.0747. The van der Waals surface area contributed by atoms with Crippen LogP contribution in [0.1, 0.15) is 29.8 Å². The van der Waals surface area contributed by atoms with Crippen LogP contribution in [0, 0.1) is 5.92 Å². The molecule has 7 rings (SSSR count). The molecule has 8 heteroatoms. The van der Waals surface area contributed by atoms with Gasteiger partial charge in [0.1, 0.15) is 17.4 Å². The van der Waals surface area contributed by atoms with Crippen LogP contribution >= 0.6 is 11.3 Å². The highest BCUT2D eigenvalue weighted by Crippen LogP contribution is 2.57. The number of nitrogens with one attached hydrogen (secondary N) is 1. The number of para-hydroxylation sites is 1. The van der Waals surface area contributed by atoms with Crippen molar-refractivity contribution < 1.29 is 9.53 Å². The summed E-state index contributed by atoms with van der Waals surface area (Å²) in [4.78, 5) is 20.5. The van der Waals surface area contributed by atoms with Gasteiger partial charge in [0, 0.05) is 47.2 Å². The Balaban J connectivity index is 1.17. The maximum absolute atomic E-state index is 13.5. The summed E-state index contributed by atoms with van der Waals surface area (Å²) in [5.74, 6) is 1.34. The van der Waals surface area contributed by atoms with Crippen molar-refractivity contribution in [1.29, 1.82) is 0 Å². The molecule has 3 atom stereocenters. The van der Waals surface area contributed by atoms with Crippen molar-refractivity contribution in [3.05, 3.63) is 65.8 Å². The van der Waals surface area contributed by atoms with Crippen LogP contribution in [-0.4, -0.2) is 56.8 Å². The Bertz CT molecular complexity index is 1380. The Labute approximate surface area is 207 Å². The normalized spacial score (nSPS) is 24.9. The lowest BCUT2D eigenvalue weighted by Gasteiger charge is -2.58. The highest BCUT2D eigenvalue weighted by molar-refractivity contribution is 7.13. The smallest absolute Gasteiger partial charge is 0.272 e. The van der Waals surface area contributed by atoms with Gasteiger partial charge in [-0.1, -0.05) is 24.3 Å². The molecule has 2 aromatic heterocycles. The fourth-order valence-electron chi connectivity index (χ4n) is 6.28. The van der Waals surface area contributed by atoms with Gasteiger partial charge in [0.15, 0.2) is 5.69 Å². The molecule has 4 aromatic rings. The zero-order valence-electron chi connectivity index (χ0n) is 19.4. The van der Waals surface area contributed by atoms with E-state index in [2.05, 4.69) is 21.3 Å². The molecule has 1 unspecified atom stereocenters. The molecule has 7 nitrogen and oxygen atoms in total. The lowest BCUT2D eigenvalue weighted by Crippen LogP contribution is -2.64. The number of fused-ring (bicyclic) bond motifs is 1. The van der Waals surface area contributed by atoms with E-state index in [9.17, 15) is 4.79 Å². The number of thiazole rings is 1. The number of amides is 1. The quantitative estimate of drug-likeness (QED) is 0.425. The van der Waals surface area contributed by atoms with E-state index in [1.54, 1.807) is 11.3 Å². The number of hydrogen-bond donors (Lipinski definition) is 1. The maximum Gasteiger partial charge on any atom is 0.272 e.